The summed E-state index contributed by atoms with van der Waals surface area (Å²) >= 11 is 1.82. The number of furan rings is 1. The van der Waals surface area contributed by atoms with E-state index in [0.29, 0.717) is 23.7 Å². The Balaban J connectivity index is 0.000000275. The topological polar surface area (TPSA) is 63.3 Å². The maximum absolute atomic E-state index is 12.3. The van der Waals surface area contributed by atoms with E-state index in [2.05, 4.69) is 168 Å². The van der Waals surface area contributed by atoms with Gasteiger partial charge in [-0.3, -0.25) is 4.79 Å². The molecule has 0 amide bonds. The molecule has 3 heterocycles. The van der Waals surface area contributed by atoms with Crippen LogP contribution in [0.15, 0.2) is 95.2 Å². The van der Waals surface area contributed by atoms with E-state index in [-0.39, 0.29) is 43.5 Å². The van der Waals surface area contributed by atoms with Crippen molar-refractivity contribution in [2.45, 2.75) is 88.9 Å². The van der Waals surface area contributed by atoms with E-state index < -0.39 is 8.07 Å². The summed E-state index contributed by atoms with van der Waals surface area (Å²) in [5.74, 6) is 1.63. The number of aliphatic hydroxyl groups is 1. The van der Waals surface area contributed by atoms with Crippen molar-refractivity contribution in [1.82, 2.24) is 4.98 Å². The summed E-state index contributed by atoms with van der Waals surface area (Å²) in [5.41, 5.74) is 7.31. The zero-order valence-corrected chi connectivity index (χ0v) is 40.7. The smallest absolute Gasteiger partial charge is 0.162 e. The molecule has 4 nitrogen and oxygen atoms in total. The number of aliphatic hydroxyl groups excluding tert-OH is 1. The first-order valence-corrected chi connectivity index (χ1v) is 24.9. The summed E-state index contributed by atoms with van der Waals surface area (Å²) in [5, 5.41) is 17.6. The fourth-order valence-electron chi connectivity index (χ4n) is 8.79. The largest absolute Gasteiger partial charge is 0.512 e. The van der Waals surface area contributed by atoms with Crippen molar-refractivity contribution in [3.05, 3.63) is 108 Å². The molecule has 4 aromatic carbocycles. The second-order valence-electron chi connectivity index (χ2n) is 18.3. The van der Waals surface area contributed by atoms with Gasteiger partial charge >= 0.3 is 0 Å². The molecule has 7 aromatic rings. The van der Waals surface area contributed by atoms with Crippen LogP contribution in [-0.4, -0.2) is 23.9 Å². The van der Waals surface area contributed by atoms with Gasteiger partial charge in [0, 0.05) is 70.3 Å². The van der Waals surface area contributed by atoms with Crippen LogP contribution in [0.25, 0.3) is 64.5 Å². The number of aryl methyl sites for hydroxylation is 2. The minimum Gasteiger partial charge on any atom is -0.512 e. The molecule has 307 valence electrons. The van der Waals surface area contributed by atoms with Crippen molar-refractivity contribution in [1.29, 1.82) is 0 Å². The maximum Gasteiger partial charge on any atom is 0.162 e. The zero-order valence-electron chi connectivity index (χ0n) is 36.5. The van der Waals surface area contributed by atoms with Gasteiger partial charge < -0.3 is 14.5 Å². The molecule has 58 heavy (non-hydrogen) atoms. The van der Waals surface area contributed by atoms with Gasteiger partial charge in [0.05, 0.1) is 19.4 Å². The van der Waals surface area contributed by atoms with Crippen molar-refractivity contribution in [2.24, 2.45) is 35.5 Å². The van der Waals surface area contributed by atoms with Crippen LogP contribution >= 0.6 is 11.3 Å². The van der Waals surface area contributed by atoms with Gasteiger partial charge in [0.25, 0.3) is 0 Å². The number of allylic oxidation sites excluding steroid dienone is 2. The molecular formula is C51H60IrNO3SSi-. The third-order valence-corrected chi connectivity index (χ3v) is 14.9. The molecule has 0 aliphatic heterocycles. The number of thiophene rings is 1. The Morgan fingerprint density at radius 1 is 0.759 bits per heavy atom. The van der Waals surface area contributed by atoms with Gasteiger partial charge in [-0.15, -0.1) is 29.0 Å². The SMILES string of the molecule is CC(C)C(C(=O)/C=C(\O)C(C(C)C)C(C)C)C(C)C.Cc1[c-]c(-c2nccc3c(C)c(-c4ccc([Si](C)(C)C)cc4)sc23)c2oc3c4ccccc4ccc3c2c1.[Ir]. The Kier molecular flexibility index (Phi) is 14.2. The minimum atomic E-state index is -1.34. The molecule has 7 rings (SSSR count). The first-order valence-electron chi connectivity index (χ1n) is 20.6. The molecule has 0 spiro atoms. The summed E-state index contributed by atoms with van der Waals surface area (Å²) < 4.78 is 7.84. The van der Waals surface area contributed by atoms with Crippen molar-refractivity contribution in [3.8, 4) is 21.7 Å². The monoisotopic (exact) mass is 987 g/mol. The zero-order chi connectivity index (χ0) is 41.5. The van der Waals surface area contributed by atoms with Gasteiger partial charge in [-0.2, -0.15) is 0 Å². The first-order chi connectivity index (χ1) is 26.9. The predicted molar refractivity (Wildman–Crippen MR) is 249 cm³/mol. The van der Waals surface area contributed by atoms with Crippen LogP contribution in [0.2, 0.25) is 19.6 Å². The number of carbonyl (C=O) groups is 1. The number of rotatable bonds is 10. The third kappa shape index (κ3) is 9.14. The summed E-state index contributed by atoms with van der Waals surface area (Å²) in [7, 11) is -1.34. The van der Waals surface area contributed by atoms with Crippen molar-refractivity contribution in [2.75, 3.05) is 0 Å². The quantitative estimate of drug-likeness (QED) is 0.0642. The molecule has 1 radical (unpaired) electrons. The number of benzene rings is 4. The Labute approximate surface area is 364 Å². The summed E-state index contributed by atoms with van der Waals surface area (Å²) in [4.78, 5) is 18.6. The van der Waals surface area contributed by atoms with Crippen molar-refractivity contribution >= 4 is 73.2 Å². The van der Waals surface area contributed by atoms with Crippen LogP contribution < -0.4 is 5.19 Å². The Hall–Kier alpha value is -3.87. The van der Waals surface area contributed by atoms with E-state index in [9.17, 15) is 9.90 Å². The van der Waals surface area contributed by atoms with E-state index >= 15 is 0 Å². The van der Waals surface area contributed by atoms with Crippen LogP contribution in [0.1, 0.15) is 66.5 Å². The van der Waals surface area contributed by atoms with Gasteiger partial charge in [-0.1, -0.05) is 159 Å². The Bertz CT molecular complexity index is 2570. The Morgan fingerprint density at radius 3 is 1.98 bits per heavy atom. The van der Waals surface area contributed by atoms with Crippen LogP contribution in [0, 0.1) is 55.4 Å². The fourth-order valence-corrected chi connectivity index (χ4v) is 11.3. The number of carbonyl (C=O) groups excluding carboxylic acids is 1. The number of hydrogen-bond donors (Lipinski definition) is 1. The second kappa shape index (κ2) is 18.2. The molecule has 3 aromatic heterocycles. The van der Waals surface area contributed by atoms with Gasteiger partial charge in [0.1, 0.15) is 5.58 Å². The van der Waals surface area contributed by atoms with Crippen LogP contribution in [0.3, 0.4) is 0 Å². The maximum atomic E-state index is 12.3. The van der Waals surface area contributed by atoms with Gasteiger partial charge in [0.15, 0.2) is 5.78 Å². The molecule has 0 saturated heterocycles. The second-order valence-corrected chi connectivity index (χ2v) is 24.4. The predicted octanol–water partition coefficient (Wildman–Crippen LogP) is 14.5. The van der Waals surface area contributed by atoms with Crippen molar-refractivity contribution in [3.63, 3.8) is 0 Å². The number of nitrogens with zero attached hydrogens (tertiary/aromatic N) is 1. The molecule has 0 bridgehead atoms. The molecule has 0 saturated carbocycles. The summed E-state index contributed by atoms with van der Waals surface area (Å²) in [6.07, 6.45) is 3.41. The van der Waals surface area contributed by atoms with E-state index in [1.54, 1.807) is 0 Å². The number of fused-ring (bicyclic) bond motifs is 6. The molecule has 0 aliphatic carbocycles. The average molecular weight is 987 g/mol. The van der Waals surface area contributed by atoms with Gasteiger partial charge in [-0.25, -0.2) is 0 Å². The summed E-state index contributed by atoms with van der Waals surface area (Å²) in [6.45, 7) is 28.1. The molecule has 0 aliphatic rings. The van der Waals surface area contributed by atoms with E-state index in [1.807, 2.05) is 17.5 Å². The number of pyridine rings is 1. The molecule has 7 heteroatoms. The fraction of sp³-hybridized carbons (Fsp3) is 0.373. The number of hydrogen-bond acceptors (Lipinski definition) is 5. The molecular weight excluding hydrogens is 927 g/mol. The third-order valence-electron chi connectivity index (χ3n) is 11.5. The normalized spacial score (nSPS) is 12.6. The molecule has 0 fully saturated rings. The number of ketones is 1. The van der Waals surface area contributed by atoms with E-state index in [4.69, 9.17) is 9.40 Å². The van der Waals surface area contributed by atoms with Crippen LogP contribution in [0.4, 0.5) is 0 Å². The standard InChI is InChI=1S/C34H28NOSSi.C17H32O2.Ir/c1-20-18-28-27-15-12-22-8-6-7-9-26(22)31(27)36-32(28)29(19-20)30-34-25(16-17-35-30)21(2)33(37-34)23-10-13-24(14-11-23)38(3,4)5;1-10(2)16(11(3)4)14(18)9-15(19)17(12(5)6)13(7)8;/h6-18H,1-5H3;9-13,16-18H,1-8H3;/q-1;;/b;14-9-;. The van der Waals surface area contributed by atoms with Gasteiger partial charge in [-0.05, 0) is 58.6 Å². The Morgan fingerprint density at radius 2 is 1.38 bits per heavy atom. The van der Waals surface area contributed by atoms with Crippen LogP contribution in [-0.2, 0) is 24.9 Å². The van der Waals surface area contributed by atoms with E-state index in [1.165, 1.54) is 42.7 Å². The average Bonchev–Trinajstić information content (AvgIpc) is 3.68. The van der Waals surface area contributed by atoms with E-state index in [0.717, 1.165) is 44.1 Å². The van der Waals surface area contributed by atoms with Crippen molar-refractivity contribution < 1.29 is 34.4 Å². The first kappa shape index (κ1) is 45.2. The molecule has 1 N–H and O–H groups in total. The van der Waals surface area contributed by atoms with Crippen LogP contribution in [0.5, 0.6) is 0 Å². The summed E-state index contributed by atoms with van der Waals surface area (Å²) in [6, 6.07) is 29.9. The van der Waals surface area contributed by atoms with Gasteiger partial charge in [0.2, 0.25) is 0 Å². The molecule has 0 atom stereocenters. The number of aromatic nitrogens is 1. The minimum absolute atomic E-state index is 0. The molecule has 0 unspecified atom stereocenters.